The number of fused-ring (bicyclic) bond motifs is 2. The van der Waals surface area contributed by atoms with E-state index in [9.17, 15) is 0 Å². The number of benzene rings is 1. The van der Waals surface area contributed by atoms with Crippen LogP contribution in [0.4, 0.5) is 0 Å². The zero-order chi connectivity index (χ0) is 12.2. The van der Waals surface area contributed by atoms with Crippen molar-refractivity contribution in [3.8, 4) is 11.1 Å². The third-order valence-corrected chi connectivity index (χ3v) is 3.70. The van der Waals surface area contributed by atoms with Crippen LogP contribution in [0.15, 0.2) is 60.7 Å². The summed E-state index contributed by atoms with van der Waals surface area (Å²) >= 11 is 0. The molecule has 3 aliphatic carbocycles. The van der Waals surface area contributed by atoms with E-state index in [1.165, 1.54) is 36.8 Å². The Kier molecular flexibility index (Phi) is 5.00. The van der Waals surface area contributed by atoms with Crippen molar-refractivity contribution in [2.75, 3.05) is 0 Å². The van der Waals surface area contributed by atoms with Crippen LogP contribution < -0.4 is 0 Å². The standard InChI is InChI=1S/C9H11.C9H7.Co/c2*1-2-5-9-7-3-6-8(9)4-1;/h3,6-7H,1-2,4-5H2;1-7H;/q2*-1;. The first-order valence-corrected chi connectivity index (χ1v) is 6.77. The summed E-state index contributed by atoms with van der Waals surface area (Å²) in [5.41, 5.74) is 5.86. The van der Waals surface area contributed by atoms with Crippen molar-refractivity contribution < 1.29 is 16.8 Å². The van der Waals surface area contributed by atoms with Gasteiger partial charge in [-0.2, -0.15) is 47.5 Å². The first kappa shape index (κ1) is 14.1. The molecular formula is C18H18Co-2. The van der Waals surface area contributed by atoms with Crippen LogP contribution in [-0.2, 0) is 29.6 Å². The second-order valence-corrected chi connectivity index (χ2v) is 4.94. The molecule has 0 saturated heterocycles. The van der Waals surface area contributed by atoms with Crippen molar-refractivity contribution >= 4 is 0 Å². The van der Waals surface area contributed by atoms with Gasteiger partial charge in [-0.1, -0.05) is 37.8 Å². The number of rotatable bonds is 0. The summed E-state index contributed by atoms with van der Waals surface area (Å²) in [4.78, 5) is 0. The van der Waals surface area contributed by atoms with Crippen molar-refractivity contribution in [3.63, 3.8) is 0 Å². The van der Waals surface area contributed by atoms with E-state index in [1.807, 2.05) is 0 Å². The summed E-state index contributed by atoms with van der Waals surface area (Å²) in [6.07, 6.45) is 5.44. The van der Waals surface area contributed by atoms with E-state index in [0.29, 0.717) is 0 Å². The Morgan fingerprint density at radius 2 is 1.68 bits per heavy atom. The van der Waals surface area contributed by atoms with Crippen molar-refractivity contribution in [2.24, 2.45) is 0 Å². The molecule has 0 atom stereocenters. The SMILES string of the molecule is [Co].c1cc2c([cH-]1)CCCC2.c1cc2cc[cH-]cc-2c1. The van der Waals surface area contributed by atoms with Gasteiger partial charge in [-0.25, -0.2) is 6.07 Å². The van der Waals surface area contributed by atoms with Gasteiger partial charge in [0.25, 0.3) is 0 Å². The fourth-order valence-electron chi connectivity index (χ4n) is 2.68. The Morgan fingerprint density at radius 3 is 2.53 bits per heavy atom. The molecule has 101 valence electrons. The van der Waals surface area contributed by atoms with E-state index in [0.717, 1.165) is 0 Å². The second kappa shape index (κ2) is 6.74. The average Bonchev–Trinajstić information content (AvgIpc) is 3.08. The molecular weight excluding hydrogens is 275 g/mol. The maximum Gasteiger partial charge on any atom is 0 e. The van der Waals surface area contributed by atoms with Crippen LogP contribution in [0.2, 0.25) is 0 Å². The largest absolute Gasteiger partial charge is 0.210 e. The van der Waals surface area contributed by atoms with Gasteiger partial charge in [0.2, 0.25) is 0 Å². The van der Waals surface area contributed by atoms with Crippen LogP contribution in [0.5, 0.6) is 0 Å². The molecule has 0 aromatic heterocycles. The zero-order valence-corrected chi connectivity index (χ0v) is 12.0. The van der Waals surface area contributed by atoms with E-state index in [4.69, 9.17) is 0 Å². The van der Waals surface area contributed by atoms with E-state index in [1.54, 1.807) is 11.1 Å². The molecule has 19 heavy (non-hydrogen) atoms. The minimum Gasteiger partial charge on any atom is -0.210 e. The third-order valence-electron chi connectivity index (χ3n) is 3.70. The Morgan fingerprint density at radius 1 is 0.842 bits per heavy atom. The molecule has 0 aliphatic heterocycles. The average molecular weight is 293 g/mol. The molecule has 0 nitrogen and oxygen atoms in total. The van der Waals surface area contributed by atoms with Gasteiger partial charge >= 0.3 is 0 Å². The first-order valence-electron chi connectivity index (χ1n) is 6.77. The van der Waals surface area contributed by atoms with Gasteiger partial charge in [0.05, 0.1) is 0 Å². The van der Waals surface area contributed by atoms with E-state index in [-0.39, 0.29) is 16.8 Å². The molecule has 3 aliphatic rings. The van der Waals surface area contributed by atoms with Crippen LogP contribution in [-0.4, -0.2) is 0 Å². The summed E-state index contributed by atoms with van der Waals surface area (Å²) in [7, 11) is 0. The van der Waals surface area contributed by atoms with Gasteiger partial charge in [0, 0.05) is 16.8 Å². The van der Waals surface area contributed by atoms with E-state index >= 15 is 0 Å². The molecule has 4 rings (SSSR count). The van der Waals surface area contributed by atoms with Crippen molar-refractivity contribution in [1.29, 1.82) is 0 Å². The maximum atomic E-state index is 2.26. The minimum absolute atomic E-state index is 0. The van der Waals surface area contributed by atoms with Crippen molar-refractivity contribution in [1.82, 2.24) is 0 Å². The van der Waals surface area contributed by atoms with Crippen LogP contribution >= 0.6 is 0 Å². The fraction of sp³-hybridized carbons (Fsp3) is 0.222. The molecule has 1 aromatic carbocycles. The van der Waals surface area contributed by atoms with Crippen molar-refractivity contribution in [2.45, 2.75) is 25.7 Å². The summed E-state index contributed by atoms with van der Waals surface area (Å²) in [5.74, 6) is 0. The van der Waals surface area contributed by atoms with Gasteiger partial charge in [0.1, 0.15) is 0 Å². The van der Waals surface area contributed by atoms with Crippen LogP contribution in [0.1, 0.15) is 24.0 Å². The molecule has 0 saturated carbocycles. The summed E-state index contributed by atoms with van der Waals surface area (Å²) in [5, 5.41) is 0. The van der Waals surface area contributed by atoms with Crippen LogP contribution in [0.25, 0.3) is 11.1 Å². The van der Waals surface area contributed by atoms with Crippen LogP contribution in [0.3, 0.4) is 0 Å². The Balaban J connectivity index is 0.000000133. The number of hydrogen-bond acceptors (Lipinski definition) is 0. The summed E-state index contributed by atoms with van der Waals surface area (Å²) in [6, 6.07) is 21.4. The van der Waals surface area contributed by atoms with Gasteiger partial charge in [-0.05, 0) is 0 Å². The summed E-state index contributed by atoms with van der Waals surface area (Å²) in [6.45, 7) is 0. The van der Waals surface area contributed by atoms with E-state index < -0.39 is 0 Å². The molecule has 0 unspecified atom stereocenters. The topological polar surface area (TPSA) is 0 Å². The fourth-order valence-corrected chi connectivity index (χ4v) is 2.68. The molecule has 1 radical (unpaired) electrons. The zero-order valence-electron chi connectivity index (χ0n) is 10.9. The number of hydrogen-bond donors (Lipinski definition) is 0. The molecule has 0 amide bonds. The molecule has 0 spiro atoms. The molecule has 0 fully saturated rings. The molecule has 0 N–H and O–H groups in total. The van der Waals surface area contributed by atoms with Crippen molar-refractivity contribution in [3.05, 3.63) is 71.8 Å². The molecule has 1 heteroatoms. The third kappa shape index (κ3) is 3.37. The van der Waals surface area contributed by atoms with E-state index in [2.05, 4.69) is 60.7 Å². The predicted octanol–water partition coefficient (Wildman–Crippen LogP) is 4.79. The predicted molar refractivity (Wildman–Crippen MR) is 77.3 cm³/mol. The monoisotopic (exact) mass is 293 g/mol. The summed E-state index contributed by atoms with van der Waals surface area (Å²) < 4.78 is 0. The number of aryl methyl sites for hydroxylation is 2. The maximum absolute atomic E-state index is 2.26. The quantitative estimate of drug-likeness (QED) is 0.523. The van der Waals surface area contributed by atoms with Gasteiger partial charge in [-0.15, -0.1) is 17.2 Å². The minimum atomic E-state index is 0. The normalized spacial score (nSPS) is 13.1. The molecule has 0 bridgehead atoms. The Hall–Kier alpha value is -1.31. The van der Waals surface area contributed by atoms with Gasteiger partial charge in [0.15, 0.2) is 0 Å². The Bertz CT molecular complexity index is 525. The first-order chi connectivity index (χ1) is 8.93. The van der Waals surface area contributed by atoms with Crippen LogP contribution in [0, 0.1) is 0 Å². The Labute approximate surface area is 125 Å². The smallest absolute Gasteiger partial charge is 0 e. The van der Waals surface area contributed by atoms with Gasteiger partial charge < -0.3 is 0 Å². The van der Waals surface area contributed by atoms with Gasteiger partial charge in [-0.3, -0.25) is 0 Å². The molecule has 1 aromatic rings. The molecule has 0 heterocycles. The second-order valence-electron chi connectivity index (χ2n) is 4.94.